The Labute approximate surface area is 126 Å². The first kappa shape index (κ1) is 13.7. The first-order valence-electron chi connectivity index (χ1n) is 6.88. The highest BCUT2D eigenvalue weighted by molar-refractivity contribution is 9.10. The van der Waals surface area contributed by atoms with Gasteiger partial charge in [0.2, 0.25) is 0 Å². The second-order valence-electron chi connectivity index (χ2n) is 5.47. The van der Waals surface area contributed by atoms with E-state index in [9.17, 15) is 4.79 Å². The molecule has 0 spiro atoms. The molecule has 20 heavy (non-hydrogen) atoms. The third-order valence-corrected chi connectivity index (χ3v) is 5.00. The second-order valence-corrected chi connectivity index (χ2v) is 6.26. The molecule has 4 nitrogen and oxygen atoms in total. The molecule has 1 aromatic rings. The van der Waals surface area contributed by atoms with Crippen molar-refractivity contribution in [3.05, 3.63) is 21.7 Å². The Bertz CT molecular complexity index is 551. The summed E-state index contributed by atoms with van der Waals surface area (Å²) in [6.45, 7) is 3.09. The SMILES string of the molecule is Cc1c(C(CC(=O)O)C2CC2)cc2c(c1Br)OCCO2. The van der Waals surface area contributed by atoms with Crippen molar-refractivity contribution in [2.45, 2.75) is 32.1 Å². The van der Waals surface area contributed by atoms with Gasteiger partial charge in [-0.1, -0.05) is 0 Å². The van der Waals surface area contributed by atoms with Crippen molar-refractivity contribution in [2.24, 2.45) is 5.92 Å². The number of aliphatic carboxylic acids is 1. The molecular weight excluding hydrogens is 324 g/mol. The molecule has 0 aromatic heterocycles. The fourth-order valence-corrected chi connectivity index (χ4v) is 3.40. The highest BCUT2D eigenvalue weighted by atomic mass is 79.9. The quantitative estimate of drug-likeness (QED) is 0.911. The van der Waals surface area contributed by atoms with Crippen molar-refractivity contribution in [3.63, 3.8) is 0 Å². The van der Waals surface area contributed by atoms with Gasteiger partial charge in [0.05, 0.1) is 10.9 Å². The number of halogens is 1. The highest BCUT2D eigenvalue weighted by Gasteiger charge is 2.36. The summed E-state index contributed by atoms with van der Waals surface area (Å²) >= 11 is 3.57. The van der Waals surface area contributed by atoms with Crippen molar-refractivity contribution in [1.29, 1.82) is 0 Å². The van der Waals surface area contributed by atoms with Crippen LogP contribution in [0.1, 0.15) is 36.3 Å². The zero-order valence-corrected chi connectivity index (χ0v) is 12.9. The molecule has 1 aliphatic heterocycles. The van der Waals surface area contributed by atoms with Crippen molar-refractivity contribution >= 4 is 21.9 Å². The van der Waals surface area contributed by atoms with E-state index in [0.717, 1.165) is 39.9 Å². The van der Waals surface area contributed by atoms with E-state index in [0.29, 0.717) is 19.1 Å². The summed E-state index contributed by atoms with van der Waals surface area (Å²) in [6.07, 6.45) is 2.41. The van der Waals surface area contributed by atoms with E-state index in [-0.39, 0.29) is 12.3 Å². The Morgan fingerprint density at radius 1 is 1.45 bits per heavy atom. The monoisotopic (exact) mass is 340 g/mol. The summed E-state index contributed by atoms with van der Waals surface area (Å²) in [4.78, 5) is 11.1. The van der Waals surface area contributed by atoms with E-state index < -0.39 is 5.97 Å². The molecule has 0 amide bonds. The average Bonchev–Trinajstić information content (AvgIpc) is 3.25. The molecule has 0 bridgehead atoms. The summed E-state index contributed by atoms with van der Waals surface area (Å²) < 4.78 is 12.2. The Morgan fingerprint density at radius 3 is 2.80 bits per heavy atom. The summed E-state index contributed by atoms with van der Waals surface area (Å²) in [7, 11) is 0. The number of carbonyl (C=O) groups is 1. The van der Waals surface area contributed by atoms with Gasteiger partial charge in [0, 0.05) is 0 Å². The first-order chi connectivity index (χ1) is 9.58. The number of ether oxygens (including phenoxy) is 2. The lowest BCUT2D eigenvalue weighted by molar-refractivity contribution is -0.137. The molecule has 1 saturated carbocycles. The number of carboxylic acids is 1. The molecule has 1 aromatic carbocycles. The van der Waals surface area contributed by atoms with Crippen molar-refractivity contribution in [2.75, 3.05) is 13.2 Å². The van der Waals surface area contributed by atoms with Crippen LogP contribution in [0.2, 0.25) is 0 Å². The van der Waals surface area contributed by atoms with Crippen molar-refractivity contribution in [3.8, 4) is 11.5 Å². The number of benzene rings is 1. The molecule has 1 N–H and O–H groups in total. The van der Waals surface area contributed by atoms with Crippen LogP contribution in [0.3, 0.4) is 0 Å². The molecule has 3 rings (SSSR count). The van der Waals surface area contributed by atoms with E-state index in [1.807, 2.05) is 13.0 Å². The lowest BCUT2D eigenvalue weighted by Gasteiger charge is -2.25. The minimum atomic E-state index is -0.743. The van der Waals surface area contributed by atoms with E-state index in [4.69, 9.17) is 14.6 Å². The van der Waals surface area contributed by atoms with E-state index in [2.05, 4.69) is 15.9 Å². The maximum absolute atomic E-state index is 11.1. The highest BCUT2D eigenvalue weighted by Crippen LogP contribution is 2.50. The number of carboxylic acid groups (broad SMARTS) is 1. The lowest BCUT2D eigenvalue weighted by atomic mass is 9.87. The van der Waals surface area contributed by atoms with Crippen LogP contribution in [0.4, 0.5) is 0 Å². The average molecular weight is 341 g/mol. The molecule has 5 heteroatoms. The molecule has 1 aliphatic carbocycles. The summed E-state index contributed by atoms with van der Waals surface area (Å²) in [5.41, 5.74) is 2.14. The number of fused-ring (bicyclic) bond motifs is 1. The summed E-state index contributed by atoms with van der Waals surface area (Å²) in [5, 5.41) is 9.15. The van der Waals surface area contributed by atoms with Gasteiger partial charge in [-0.15, -0.1) is 0 Å². The normalized spacial score (nSPS) is 18.7. The topological polar surface area (TPSA) is 55.8 Å². The van der Waals surface area contributed by atoms with Crippen molar-refractivity contribution in [1.82, 2.24) is 0 Å². The molecule has 0 radical (unpaired) electrons. The second kappa shape index (κ2) is 5.28. The van der Waals surface area contributed by atoms with Gasteiger partial charge in [-0.3, -0.25) is 4.79 Å². The molecular formula is C15H17BrO4. The molecule has 2 aliphatic rings. The van der Waals surface area contributed by atoms with Crippen LogP contribution in [-0.4, -0.2) is 24.3 Å². The largest absolute Gasteiger partial charge is 0.486 e. The molecule has 1 atom stereocenters. The first-order valence-corrected chi connectivity index (χ1v) is 7.67. The fraction of sp³-hybridized carbons (Fsp3) is 0.533. The van der Waals surface area contributed by atoms with Crippen LogP contribution in [0.15, 0.2) is 10.5 Å². The zero-order valence-electron chi connectivity index (χ0n) is 11.3. The van der Waals surface area contributed by atoms with Crippen LogP contribution in [-0.2, 0) is 4.79 Å². The van der Waals surface area contributed by atoms with Gasteiger partial charge in [0.1, 0.15) is 13.2 Å². The van der Waals surface area contributed by atoms with Gasteiger partial charge in [-0.25, -0.2) is 0 Å². The Hall–Kier alpha value is -1.23. The standard InChI is InChI=1S/C15H17BrO4/c1-8-10(11(7-13(17)18)9-2-3-9)6-12-15(14(8)16)20-5-4-19-12/h6,9,11H,2-5,7H2,1H3,(H,17,18). The number of hydrogen-bond acceptors (Lipinski definition) is 3. The molecule has 1 heterocycles. The maximum atomic E-state index is 11.1. The van der Waals surface area contributed by atoms with Crippen LogP contribution in [0.5, 0.6) is 11.5 Å². The van der Waals surface area contributed by atoms with Gasteiger partial charge in [-0.05, 0) is 64.7 Å². The minimum Gasteiger partial charge on any atom is -0.486 e. The lowest BCUT2D eigenvalue weighted by Crippen LogP contribution is -2.17. The molecule has 1 unspecified atom stereocenters. The van der Waals surface area contributed by atoms with Crippen LogP contribution >= 0.6 is 15.9 Å². The van der Waals surface area contributed by atoms with Gasteiger partial charge in [0.25, 0.3) is 0 Å². The number of hydrogen-bond donors (Lipinski definition) is 1. The summed E-state index contributed by atoms with van der Waals surface area (Å²) in [6, 6.07) is 1.97. The van der Waals surface area contributed by atoms with Gasteiger partial charge in [-0.2, -0.15) is 0 Å². The third kappa shape index (κ3) is 2.51. The zero-order chi connectivity index (χ0) is 14.3. The smallest absolute Gasteiger partial charge is 0.303 e. The molecule has 1 fully saturated rings. The van der Waals surface area contributed by atoms with Crippen LogP contribution in [0.25, 0.3) is 0 Å². The fourth-order valence-electron chi connectivity index (χ4n) is 2.86. The predicted molar refractivity (Wildman–Crippen MR) is 77.6 cm³/mol. The third-order valence-electron chi connectivity index (χ3n) is 4.04. The van der Waals surface area contributed by atoms with Crippen LogP contribution in [0, 0.1) is 12.8 Å². The minimum absolute atomic E-state index is 0.0691. The van der Waals surface area contributed by atoms with Gasteiger partial charge < -0.3 is 14.6 Å². The van der Waals surface area contributed by atoms with E-state index >= 15 is 0 Å². The molecule has 108 valence electrons. The van der Waals surface area contributed by atoms with E-state index in [1.54, 1.807) is 0 Å². The summed E-state index contributed by atoms with van der Waals surface area (Å²) in [5.74, 6) is 1.27. The Morgan fingerprint density at radius 2 is 2.15 bits per heavy atom. The van der Waals surface area contributed by atoms with Crippen molar-refractivity contribution < 1.29 is 19.4 Å². The number of rotatable bonds is 4. The maximum Gasteiger partial charge on any atom is 0.303 e. The molecule has 0 saturated heterocycles. The van der Waals surface area contributed by atoms with Gasteiger partial charge in [0.15, 0.2) is 11.5 Å². The predicted octanol–water partition coefficient (Wildman–Crippen LogP) is 3.50. The van der Waals surface area contributed by atoms with Crippen LogP contribution < -0.4 is 9.47 Å². The Kier molecular flexibility index (Phi) is 3.63. The Balaban J connectivity index is 2.03. The van der Waals surface area contributed by atoms with Gasteiger partial charge >= 0.3 is 5.97 Å². The van der Waals surface area contributed by atoms with E-state index in [1.165, 1.54) is 0 Å².